The molecule has 0 bridgehead atoms. The lowest BCUT2D eigenvalue weighted by Crippen LogP contribution is -2.16. The zero-order valence-electron chi connectivity index (χ0n) is 7.53. The fourth-order valence-electron chi connectivity index (χ4n) is 1.89. The standard InChI is InChI=1S/C10H10O3S/c11-5-6-4-8-7(10(12)13)2-1-3-9(8)14-6/h4-5,7H,1-3H2,(H,12,13). The number of hydrogen-bond acceptors (Lipinski definition) is 3. The monoisotopic (exact) mass is 210 g/mol. The molecule has 1 unspecified atom stereocenters. The van der Waals surface area contributed by atoms with E-state index in [9.17, 15) is 9.59 Å². The first-order valence-corrected chi connectivity index (χ1v) is 5.34. The van der Waals surface area contributed by atoms with E-state index in [0.29, 0.717) is 11.3 Å². The van der Waals surface area contributed by atoms with Crippen LogP contribution in [-0.2, 0) is 11.2 Å². The van der Waals surface area contributed by atoms with Crippen molar-refractivity contribution in [1.29, 1.82) is 0 Å². The van der Waals surface area contributed by atoms with Crippen molar-refractivity contribution in [3.05, 3.63) is 21.4 Å². The van der Waals surface area contributed by atoms with E-state index in [1.165, 1.54) is 11.3 Å². The number of aldehydes is 1. The lowest BCUT2D eigenvalue weighted by molar-refractivity contribution is -0.139. The van der Waals surface area contributed by atoms with E-state index in [1.54, 1.807) is 6.07 Å². The van der Waals surface area contributed by atoms with Crippen LogP contribution < -0.4 is 0 Å². The van der Waals surface area contributed by atoms with Gasteiger partial charge in [0.15, 0.2) is 6.29 Å². The second kappa shape index (κ2) is 3.53. The predicted octanol–water partition coefficient (Wildman–Crippen LogP) is 2.07. The molecule has 3 nitrogen and oxygen atoms in total. The molecule has 1 aromatic rings. The van der Waals surface area contributed by atoms with Crippen LogP contribution in [0.3, 0.4) is 0 Å². The Morgan fingerprint density at radius 1 is 1.64 bits per heavy atom. The normalized spacial score (nSPS) is 20.1. The molecule has 1 aliphatic rings. The maximum Gasteiger partial charge on any atom is 0.311 e. The number of carboxylic acid groups (broad SMARTS) is 1. The van der Waals surface area contributed by atoms with Crippen molar-refractivity contribution in [3.8, 4) is 0 Å². The van der Waals surface area contributed by atoms with Crippen LogP contribution in [0.4, 0.5) is 0 Å². The van der Waals surface area contributed by atoms with Crippen LogP contribution in [0.15, 0.2) is 6.07 Å². The Morgan fingerprint density at radius 3 is 3.07 bits per heavy atom. The minimum absolute atomic E-state index is 0.399. The predicted molar refractivity (Wildman–Crippen MR) is 53.0 cm³/mol. The van der Waals surface area contributed by atoms with E-state index < -0.39 is 11.9 Å². The number of carboxylic acids is 1. The highest BCUT2D eigenvalue weighted by Crippen LogP contribution is 2.36. The van der Waals surface area contributed by atoms with Crippen LogP contribution in [-0.4, -0.2) is 17.4 Å². The Morgan fingerprint density at radius 2 is 2.43 bits per heavy atom. The number of rotatable bonds is 2. The van der Waals surface area contributed by atoms with Crippen molar-refractivity contribution in [2.24, 2.45) is 0 Å². The van der Waals surface area contributed by atoms with Gasteiger partial charge in [-0.3, -0.25) is 9.59 Å². The van der Waals surface area contributed by atoms with Gasteiger partial charge in [0.05, 0.1) is 10.8 Å². The van der Waals surface area contributed by atoms with Crippen LogP contribution in [0.5, 0.6) is 0 Å². The Labute approximate surface area is 85.4 Å². The SMILES string of the molecule is O=Cc1cc2c(s1)CCCC2C(=O)O. The van der Waals surface area contributed by atoms with Crippen LogP contribution in [0.1, 0.15) is 38.9 Å². The quantitative estimate of drug-likeness (QED) is 0.760. The molecule has 0 radical (unpaired) electrons. The zero-order chi connectivity index (χ0) is 10.1. The number of aryl methyl sites for hydroxylation is 1. The van der Waals surface area contributed by atoms with E-state index >= 15 is 0 Å². The highest BCUT2D eigenvalue weighted by molar-refractivity contribution is 7.13. The van der Waals surface area contributed by atoms with E-state index in [2.05, 4.69) is 0 Å². The molecule has 0 saturated heterocycles. The summed E-state index contributed by atoms with van der Waals surface area (Å²) >= 11 is 1.43. The molecule has 1 N–H and O–H groups in total. The summed E-state index contributed by atoms with van der Waals surface area (Å²) in [4.78, 5) is 23.2. The first kappa shape index (κ1) is 9.40. The van der Waals surface area contributed by atoms with Crippen molar-refractivity contribution in [2.45, 2.75) is 25.2 Å². The minimum atomic E-state index is -0.777. The van der Waals surface area contributed by atoms with E-state index in [4.69, 9.17) is 5.11 Å². The smallest absolute Gasteiger partial charge is 0.311 e. The second-order valence-electron chi connectivity index (χ2n) is 3.43. The molecule has 1 atom stereocenters. The van der Waals surface area contributed by atoms with Gasteiger partial charge in [-0.1, -0.05) is 0 Å². The second-order valence-corrected chi connectivity index (χ2v) is 4.60. The van der Waals surface area contributed by atoms with Crippen LogP contribution in [0.25, 0.3) is 0 Å². The van der Waals surface area contributed by atoms with Crippen molar-refractivity contribution >= 4 is 23.6 Å². The molecule has 0 amide bonds. The lowest BCUT2D eigenvalue weighted by Gasteiger charge is -2.17. The summed E-state index contributed by atoms with van der Waals surface area (Å²) in [6.07, 6.45) is 3.31. The average Bonchev–Trinajstić information content (AvgIpc) is 2.59. The summed E-state index contributed by atoms with van der Waals surface area (Å²) in [5.41, 5.74) is 0.857. The summed E-state index contributed by atoms with van der Waals surface area (Å²) in [7, 11) is 0. The Kier molecular flexibility index (Phi) is 2.37. The average molecular weight is 210 g/mol. The third-order valence-corrected chi connectivity index (χ3v) is 3.68. The summed E-state index contributed by atoms with van der Waals surface area (Å²) in [5, 5.41) is 8.98. The molecule has 0 saturated carbocycles. The molecule has 1 aliphatic carbocycles. The van der Waals surface area contributed by atoms with Crippen molar-refractivity contribution in [1.82, 2.24) is 0 Å². The van der Waals surface area contributed by atoms with Crippen LogP contribution in [0, 0.1) is 0 Å². The minimum Gasteiger partial charge on any atom is -0.481 e. The third kappa shape index (κ3) is 1.46. The molecule has 0 spiro atoms. The molecule has 0 fully saturated rings. The van der Waals surface area contributed by atoms with Gasteiger partial charge in [0, 0.05) is 4.88 Å². The summed E-state index contributed by atoms with van der Waals surface area (Å²) < 4.78 is 0. The summed E-state index contributed by atoms with van der Waals surface area (Å²) in [6, 6.07) is 1.73. The number of carbonyl (C=O) groups excluding carboxylic acids is 1. The molecule has 0 aliphatic heterocycles. The van der Waals surface area contributed by atoms with Gasteiger partial charge in [-0.05, 0) is 30.9 Å². The van der Waals surface area contributed by atoms with Gasteiger partial charge < -0.3 is 5.11 Å². The number of fused-ring (bicyclic) bond motifs is 1. The lowest BCUT2D eigenvalue weighted by atomic mass is 9.88. The summed E-state index contributed by atoms with van der Waals surface area (Å²) in [6.45, 7) is 0. The molecule has 2 rings (SSSR count). The molecule has 0 aromatic carbocycles. The number of carbonyl (C=O) groups is 2. The molecule has 74 valence electrons. The molecule has 1 aromatic heterocycles. The van der Waals surface area contributed by atoms with E-state index in [0.717, 1.165) is 29.6 Å². The first-order valence-electron chi connectivity index (χ1n) is 4.53. The first-order chi connectivity index (χ1) is 6.72. The summed E-state index contributed by atoms with van der Waals surface area (Å²) in [5.74, 6) is -1.18. The molecule has 1 heterocycles. The van der Waals surface area contributed by atoms with Crippen molar-refractivity contribution < 1.29 is 14.7 Å². The molecular weight excluding hydrogens is 200 g/mol. The Hall–Kier alpha value is -1.16. The van der Waals surface area contributed by atoms with Gasteiger partial charge in [0.1, 0.15) is 0 Å². The van der Waals surface area contributed by atoms with Crippen LogP contribution >= 0.6 is 11.3 Å². The third-order valence-electron chi connectivity index (χ3n) is 2.55. The Bertz CT molecular complexity index is 381. The van der Waals surface area contributed by atoms with Gasteiger partial charge in [-0.2, -0.15) is 0 Å². The van der Waals surface area contributed by atoms with Gasteiger partial charge in [0.2, 0.25) is 0 Å². The van der Waals surface area contributed by atoms with Gasteiger partial charge >= 0.3 is 5.97 Å². The van der Waals surface area contributed by atoms with Gasteiger partial charge in [-0.25, -0.2) is 0 Å². The fourth-order valence-corrected chi connectivity index (χ4v) is 2.98. The van der Waals surface area contributed by atoms with Gasteiger partial charge in [0.25, 0.3) is 0 Å². The van der Waals surface area contributed by atoms with Crippen molar-refractivity contribution in [2.75, 3.05) is 0 Å². The van der Waals surface area contributed by atoms with E-state index in [-0.39, 0.29) is 0 Å². The number of hydrogen-bond donors (Lipinski definition) is 1. The van der Waals surface area contributed by atoms with E-state index in [1.807, 2.05) is 0 Å². The van der Waals surface area contributed by atoms with Crippen molar-refractivity contribution in [3.63, 3.8) is 0 Å². The Balaban J connectivity index is 2.42. The molecular formula is C10H10O3S. The van der Waals surface area contributed by atoms with Crippen LogP contribution in [0.2, 0.25) is 0 Å². The fraction of sp³-hybridized carbons (Fsp3) is 0.400. The molecule has 14 heavy (non-hydrogen) atoms. The maximum atomic E-state index is 10.9. The number of aliphatic carboxylic acids is 1. The maximum absolute atomic E-state index is 10.9. The topological polar surface area (TPSA) is 54.4 Å². The molecule has 4 heteroatoms. The van der Waals surface area contributed by atoms with Gasteiger partial charge in [-0.15, -0.1) is 11.3 Å². The highest BCUT2D eigenvalue weighted by Gasteiger charge is 2.27. The largest absolute Gasteiger partial charge is 0.481 e. The highest BCUT2D eigenvalue weighted by atomic mass is 32.1. The number of thiophene rings is 1. The zero-order valence-corrected chi connectivity index (χ0v) is 8.34.